The first-order valence-electron chi connectivity index (χ1n) is 10.2. The third kappa shape index (κ3) is 4.47. The Bertz CT molecular complexity index is 1350. The van der Waals surface area contributed by atoms with Gasteiger partial charge in [0.25, 0.3) is 5.56 Å². The van der Waals surface area contributed by atoms with E-state index < -0.39 is 46.9 Å². The third-order valence-electron chi connectivity index (χ3n) is 5.80. The fourth-order valence-corrected chi connectivity index (χ4v) is 3.96. The van der Waals surface area contributed by atoms with E-state index in [0.29, 0.717) is 35.7 Å². The summed E-state index contributed by atoms with van der Waals surface area (Å²) in [6, 6.07) is 0.450. The quantitative estimate of drug-likeness (QED) is 0.493. The highest BCUT2D eigenvalue weighted by molar-refractivity contribution is 5.89. The maximum atomic E-state index is 15.1. The number of carbonyl (C=O) groups excluding carboxylic acids is 1. The number of aryl methyl sites for hydroxylation is 1. The molecule has 2 atom stereocenters. The molecule has 0 saturated carbocycles. The molecule has 0 bridgehead atoms. The molecular weight excluding hydrogens is 462 g/mol. The number of fused-ring (bicyclic) bond motifs is 1. The van der Waals surface area contributed by atoms with Gasteiger partial charge in [0.1, 0.15) is 11.9 Å². The van der Waals surface area contributed by atoms with Crippen LogP contribution in [0.25, 0.3) is 11.2 Å². The highest BCUT2D eigenvalue weighted by Gasteiger charge is 2.35. The number of hydrogen-bond donors (Lipinski definition) is 3. The predicted molar refractivity (Wildman–Crippen MR) is 116 cm³/mol. The molecule has 1 fully saturated rings. The van der Waals surface area contributed by atoms with Crippen molar-refractivity contribution in [3.8, 4) is 0 Å². The number of rotatable bonds is 3. The lowest BCUT2D eigenvalue weighted by atomic mass is 10.0. The third-order valence-corrected chi connectivity index (χ3v) is 5.80. The monoisotopic (exact) mass is 483 g/mol. The van der Waals surface area contributed by atoms with Crippen molar-refractivity contribution < 1.29 is 22.4 Å². The molecule has 0 spiro atoms. The highest BCUT2D eigenvalue weighted by Crippen LogP contribution is 2.30. The lowest BCUT2D eigenvalue weighted by molar-refractivity contribution is -0.138. The molecule has 0 aliphatic carbocycles. The molecular formula is C20H21F4N7O3. The molecule has 1 aliphatic heterocycles. The summed E-state index contributed by atoms with van der Waals surface area (Å²) in [4.78, 5) is 48.2. The van der Waals surface area contributed by atoms with E-state index in [1.807, 2.05) is 0 Å². The Hall–Kier alpha value is -3.84. The number of anilines is 2. The zero-order valence-corrected chi connectivity index (χ0v) is 18.1. The van der Waals surface area contributed by atoms with Crippen LogP contribution in [-0.4, -0.2) is 62.8 Å². The van der Waals surface area contributed by atoms with Gasteiger partial charge in [0.2, 0.25) is 0 Å². The zero-order chi connectivity index (χ0) is 24.8. The molecule has 0 radical (unpaired) electrons. The number of halogens is 4. The molecule has 4 rings (SSSR count). The average Bonchev–Trinajstić information content (AvgIpc) is 3.14. The molecule has 1 aliphatic rings. The first-order valence-corrected chi connectivity index (χ1v) is 10.2. The molecule has 182 valence electrons. The van der Waals surface area contributed by atoms with Crippen LogP contribution in [0.4, 0.5) is 33.7 Å². The average molecular weight is 483 g/mol. The van der Waals surface area contributed by atoms with Gasteiger partial charge >= 0.3 is 17.9 Å². The summed E-state index contributed by atoms with van der Waals surface area (Å²) in [5, 5.41) is 2.17. The number of H-pyrrole nitrogens is 2. The summed E-state index contributed by atoms with van der Waals surface area (Å²) < 4.78 is 55.0. The number of aromatic nitrogens is 4. The first kappa shape index (κ1) is 23.3. The van der Waals surface area contributed by atoms with E-state index in [-0.39, 0.29) is 13.0 Å². The Kier molecular flexibility index (Phi) is 5.83. The maximum absolute atomic E-state index is 15.1. The molecule has 0 unspecified atom stereocenters. The number of alkyl halides is 4. The topological polar surface area (TPSA) is 119 Å². The molecule has 3 N–H and O–H groups in total. The van der Waals surface area contributed by atoms with E-state index in [1.165, 1.54) is 13.2 Å². The van der Waals surface area contributed by atoms with E-state index in [2.05, 4.69) is 20.3 Å². The number of nitrogens with one attached hydrogen (secondary N) is 3. The number of pyridine rings is 2. The number of hydrogen-bond acceptors (Lipinski definition) is 5. The molecule has 1 saturated heterocycles. The van der Waals surface area contributed by atoms with Crippen molar-refractivity contribution in [1.82, 2.24) is 24.4 Å². The SMILES string of the molecule is CN(C(=O)Nc1cc(C(F)(F)F)cn(C)c1=O)[C@@H]1CCN(c2cnc3[nH]c(=O)[nH]c3c2)C[C@@H]1F. The number of urea groups is 1. The zero-order valence-electron chi connectivity index (χ0n) is 18.1. The van der Waals surface area contributed by atoms with Crippen molar-refractivity contribution in [2.75, 3.05) is 30.4 Å². The van der Waals surface area contributed by atoms with Crippen molar-refractivity contribution >= 4 is 28.6 Å². The molecule has 3 aromatic heterocycles. The van der Waals surface area contributed by atoms with Crippen LogP contribution >= 0.6 is 0 Å². The first-order chi connectivity index (χ1) is 15.9. The number of amides is 2. The fraction of sp³-hybridized carbons (Fsp3) is 0.400. The second-order valence-electron chi connectivity index (χ2n) is 8.08. The normalized spacial score (nSPS) is 18.8. The molecule has 2 amide bonds. The lowest BCUT2D eigenvalue weighted by Crippen LogP contribution is -2.54. The Labute approximate surface area is 189 Å². The van der Waals surface area contributed by atoms with Crippen molar-refractivity contribution in [2.45, 2.75) is 24.8 Å². The summed E-state index contributed by atoms with van der Waals surface area (Å²) in [6.45, 7) is 0.283. The maximum Gasteiger partial charge on any atom is 0.417 e. The van der Waals surface area contributed by atoms with Crippen LogP contribution in [0.3, 0.4) is 0 Å². The minimum Gasteiger partial charge on any atom is -0.367 e. The molecule has 4 heterocycles. The minimum absolute atomic E-state index is 0.0740. The van der Waals surface area contributed by atoms with Crippen LogP contribution in [0.5, 0.6) is 0 Å². The summed E-state index contributed by atoms with van der Waals surface area (Å²) in [6.07, 6.45) is -3.86. The van der Waals surface area contributed by atoms with Gasteiger partial charge in [0.15, 0.2) is 5.65 Å². The van der Waals surface area contributed by atoms with Gasteiger partial charge in [-0.3, -0.25) is 9.78 Å². The Morgan fingerprint density at radius 2 is 2.00 bits per heavy atom. The second-order valence-corrected chi connectivity index (χ2v) is 8.08. The van der Waals surface area contributed by atoms with E-state index >= 15 is 4.39 Å². The van der Waals surface area contributed by atoms with Gasteiger partial charge in [0, 0.05) is 26.8 Å². The highest BCUT2D eigenvalue weighted by atomic mass is 19.4. The van der Waals surface area contributed by atoms with E-state index in [1.54, 1.807) is 11.0 Å². The second kappa shape index (κ2) is 8.50. The fourth-order valence-electron chi connectivity index (χ4n) is 3.96. The van der Waals surface area contributed by atoms with Gasteiger partial charge < -0.3 is 24.7 Å². The van der Waals surface area contributed by atoms with Crippen molar-refractivity contribution in [3.63, 3.8) is 0 Å². The minimum atomic E-state index is -4.71. The van der Waals surface area contributed by atoms with Crippen LogP contribution in [0.2, 0.25) is 0 Å². The Balaban J connectivity index is 1.46. The smallest absolute Gasteiger partial charge is 0.367 e. The molecule has 34 heavy (non-hydrogen) atoms. The van der Waals surface area contributed by atoms with E-state index in [0.717, 1.165) is 16.5 Å². The van der Waals surface area contributed by atoms with Crippen molar-refractivity contribution in [2.24, 2.45) is 7.05 Å². The summed E-state index contributed by atoms with van der Waals surface area (Å²) >= 11 is 0. The lowest BCUT2D eigenvalue weighted by Gasteiger charge is -2.39. The number of carbonyl (C=O) groups is 1. The standard InChI is InChI=1S/C20H21F4N7O3/c1-29-8-10(20(22,23)24)5-14(17(29)32)27-19(34)30(2)15-3-4-31(9-12(15)21)11-6-13-16(25-7-11)28-18(33)26-13/h5-8,12,15H,3-4,9H2,1-2H3,(H,27,34)(H2,25,26,28,33)/t12-,15+/m0/s1. The predicted octanol–water partition coefficient (Wildman–Crippen LogP) is 2.05. The van der Waals surface area contributed by atoms with Crippen LogP contribution in [0, 0.1) is 0 Å². The summed E-state index contributed by atoms with van der Waals surface area (Å²) in [5.74, 6) is 0. The van der Waals surface area contributed by atoms with Gasteiger partial charge in [0.05, 0.1) is 35.6 Å². The summed E-state index contributed by atoms with van der Waals surface area (Å²) in [5.41, 5.74) is -1.46. The van der Waals surface area contributed by atoms with Crippen LogP contribution in [0.15, 0.2) is 34.1 Å². The van der Waals surface area contributed by atoms with Gasteiger partial charge in [-0.1, -0.05) is 0 Å². The van der Waals surface area contributed by atoms with E-state index in [4.69, 9.17) is 0 Å². The van der Waals surface area contributed by atoms with Crippen LogP contribution < -0.4 is 21.5 Å². The van der Waals surface area contributed by atoms with Crippen molar-refractivity contribution in [3.05, 3.63) is 50.9 Å². The van der Waals surface area contributed by atoms with Gasteiger partial charge in [-0.15, -0.1) is 0 Å². The largest absolute Gasteiger partial charge is 0.417 e. The van der Waals surface area contributed by atoms with Gasteiger partial charge in [-0.25, -0.2) is 19.0 Å². The molecule has 3 aromatic rings. The number of piperidine rings is 1. The van der Waals surface area contributed by atoms with Crippen molar-refractivity contribution in [1.29, 1.82) is 0 Å². The summed E-state index contributed by atoms with van der Waals surface area (Å²) in [7, 11) is 2.46. The van der Waals surface area contributed by atoms with E-state index in [9.17, 15) is 27.6 Å². The molecule has 14 heteroatoms. The number of nitrogens with zero attached hydrogens (tertiary/aromatic N) is 4. The Morgan fingerprint density at radius 1 is 1.26 bits per heavy atom. The van der Waals surface area contributed by atoms with Crippen LogP contribution in [0.1, 0.15) is 12.0 Å². The molecule has 10 nitrogen and oxygen atoms in total. The Morgan fingerprint density at radius 3 is 2.68 bits per heavy atom. The van der Waals surface area contributed by atoms with Gasteiger partial charge in [-0.05, 0) is 18.6 Å². The van der Waals surface area contributed by atoms with Gasteiger partial charge in [-0.2, -0.15) is 13.2 Å². The number of imidazole rings is 1. The molecule has 0 aromatic carbocycles. The number of aromatic amines is 2. The van der Waals surface area contributed by atoms with Crippen LogP contribution in [-0.2, 0) is 13.2 Å².